The zero-order chi connectivity index (χ0) is 18.2. The van der Waals surface area contributed by atoms with Gasteiger partial charge in [-0.2, -0.15) is 23.5 Å². The van der Waals surface area contributed by atoms with Crippen molar-refractivity contribution in [2.24, 2.45) is 0 Å². The van der Waals surface area contributed by atoms with E-state index in [1.807, 2.05) is 23.5 Å². The number of aromatic nitrogens is 1. The second kappa shape index (κ2) is 10.2. The molecule has 0 saturated carbocycles. The van der Waals surface area contributed by atoms with Gasteiger partial charge in [-0.1, -0.05) is 26.0 Å². The standard InChI is InChI=1S/C21H26N2S3/c1-3-24-15-13-23(14-16-25-4-2)18-11-9-17(10-12-18)21-22-19-7-5-6-8-20(19)26-21/h5-12H,3-4,13-16H2,1-2H3. The average Bonchev–Trinajstić information content (AvgIpc) is 3.11. The van der Waals surface area contributed by atoms with Gasteiger partial charge in [0.1, 0.15) is 5.01 Å². The molecule has 138 valence electrons. The molecule has 3 rings (SSSR count). The van der Waals surface area contributed by atoms with Gasteiger partial charge in [0.2, 0.25) is 0 Å². The number of fused-ring (bicyclic) bond motifs is 1. The van der Waals surface area contributed by atoms with Crippen LogP contribution in [0.5, 0.6) is 0 Å². The molecule has 2 nitrogen and oxygen atoms in total. The fraction of sp³-hybridized carbons (Fsp3) is 0.381. The van der Waals surface area contributed by atoms with E-state index in [1.165, 1.54) is 39.0 Å². The molecule has 0 saturated heterocycles. The van der Waals surface area contributed by atoms with E-state index >= 15 is 0 Å². The predicted molar refractivity (Wildman–Crippen MR) is 123 cm³/mol. The van der Waals surface area contributed by atoms with Gasteiger partial charge >= 0.3 is 0 Å². The quantitative estimate of drug-likeness (QED) is 0.371. The van der Waals surface area contributed by atoms with Crippen LogP contribution in [0.4, 0.5) is 5.69 Å². The van der Waals surface area contributed by atoms with E-state index in [4.69, 9.17) is 4.98 Å². The molecule has 0 amide bonds. The molecule has 0 spiro atoms. The summed E-state index contributed by atoms with van der Waals surface area (Å²) in [7, 11) is 0. The molecule has 0 bridgehead atoms. The van der Waals surface area contributed by atoms with E-state index in [0.29, 0.717) is 0 Å². The van der Waals surface area contributed by atoms with Gasteiger partial charge in [-0.05, 0) is 47.9 Å². The summed E-state index contributed by atoms with van der Waals surface area (Å²) in [5, 5.41) is 1.10. The van der Waals surface area contributed by atoms with Crippen LogP contribution in [0, 0.1) is 0 Å². The number of hydrogen-bond donors (Lipinski definition) is 0. The van der Waals surface area contributed by atoms with Crippen molar-refractivity contribution < 1.29 is 0 Å². The summed E-state index contributed by atoms with van der Waals surface area (Å²) in [5.41, 5.74) is 3.62. The minimum atomic E-state index is 1.09. The van der Waals surface area contributed by atoms with Crippen molar-refractivity contribution in [3.05, 3.63) is 48.5 Å². The first-order valence-corrected chi connectivity index (χ1v) is 12.3. The summed E-state index contributed by atoms with van der Waals surface area (Å²) in [6.07, 6.45) is 0. The normalized spacial score (nSPS) is 11.2. The Morgan fingerprint density at radius 3 is 2.15 bits per heavy atom. The molecule has 0 atom stereocenters. The lowest BCUT2D eigenvalue weighted by Crippen LogP contribution is -2.28. The Morgan fingerprint density at radius 1 is 0.885 bits per heavy atom. The first-order chi connectivity index (χ1) is 12.8. The van der Waals surface area contributed by atoms with E-state index < -0.39 is 0 Å². The van der Waals surface area contributed by atoms with E-state index in [1.54, 1.807) is 11.3 Å². The van der Waals surface area contributed by atoms with Crippen molar-refractivity contribution in [2.75, 3.05) is 41.0 Å². The maximum Gasteiger partial charge on any atom is 0.124 e. The third-order valence-corrected chi connectivity index (χ3v) is 7.04. The predicted octanol–water partition coefficient (Wildman–Crippen LogP) is 6.28. The molecule has 0 unspecified atom stereocenters. The van der Waals surface area contributed by atoms with E-state index in [0.717, 1.165) is 23.6 Å². The fourth-order valence-corrected chi connectivity index (χ4v) is 5.07. The molecular weight excluding hydrogens is 376 g/mol. The van der Waals surface area contributed by atoms with E-state index in [2.05, 4.69) is 67.3 Å². The molecule has 0 fully saturated rings. The highest BCUT2D eigenvalue weighted by Gasteiger charge is 2.09. The van der Waals surface area contributed by atoms with Gasteiger partial charge in [0, 0.05) is 35.8 Å². The second-order valence-electron chi connectivity index (χ2n) is 5.91. The first-order valence-electron chi connectivity index (χ1n) is 9.18. The Kier molecular flexibility index (Phi) is 7.71. The summed E-state index contributed by atoms with van der Waals surface area (Å²) >= 11 is 5.80. The molecule has 26 heavy (non-hydrogen) atoms. The van der Waals surface area contributed by atoms with Gasteiger partial charge in [0.25, 0.3) is 0 Å². The van der Waals surface area contributed by atoms with Crippen LogP contribution in [0.2, 0.25) is 0 Å². The Labute approximate surface area is 169 Å². The Hall–Kier alpha value is -1.17. The first kappa shape index (κ1) is 19.6. The van der Waals surface area contributed by atoms with Crippen LogP contribution in [0.1, 0.15) is 13.8 Å². The van der Waals surface area contributed by atoms with Crippen LogP contribution >= 0.6 is 34.9 Å². The van der Waals surface area contributed by atoms with Gasteiger partial charge < -0.3 is 4.90 Å². The highest BCUT2D eigenvalue weighted by molar-refractivity contribution is 7.99. The fourth-order valence-electron chi connectivity index (χ4n) is 2.82. The van der Waals surface area contributed by atoms with Crippen LogP contribution in [0.25, 0.3) is 20.8 Å². The summed E-state index contributed by atoms with van der Waals surface area (Å²) in [6.45, 7) is 6.69. The minimum absolute atomic E-state index is 1.09. The second-order valence-corrected chi connectivity index (χ2v) is 9.73. The topological polar surface area (TPSA) is 16.1 Å². The zero-order valence-corrected chi connectivity index (χ0v) is 17.9. The number of benzene rings is 2. The highest BCUT2D eigenvalue weighted by atomic mass is 32.2. The molecule has 0 aliphatic rings. The molecule has 0 aliphatic heterocycles. The SMILES string of the molecule is CCSCCN(CCSCC)c1ccc(-c2nc3ccccc3s2)cc1. The number of thiazole rings is 1. The maximum absolute atomic E-state index is 4.78. The third kappa shape index (κ3) is 5.18. The van der Waals surface area contributed by atoms with Crippen LogP contribution in [0.3, 0.4) is 0 Å². The molecule has 1 aromatic heterocycles. The van der Waals surface area contributed by atoms with Gasteiger partial charge in [-0.25, -0.2) is 4.98 Å². The van der Waals surface area contributed by atoms with Crippen molar-refractivity contribution in [1.82, 2.24) is 4.98 Å². The average molecular weight is 403 g/mol. The van der Waals surface area contributed by atoms with Crippen molar-refractivity contribution in [1.29, 1.82) is 0 Å². The van der Waals surface area contributed by atoms with Crippen molar-refractivity contribution in [3.63, 3.8) is 0 Å². The minimum Gasteiger partial charge on any atom is -0.370 e. The van der Waals surface area contributed by atoms with Gasteiger partial charge in [0.15, 0.2) is 0 Å². The van der Waals surface area contributed by atoms with Crippen molar-refractivity contribution >= 4 is 50.8 Å². The van der Waals surface area contributed by atoms with Crippen LogP contribution < -0.4 is 4.90 Å². The van der Waals surface area contributed by atoms with Crippen molar-refractivity contribution in [2.45, 2.75) is 13.8 Å². The largest absolute Gasteiger partial charge is 0.370 e. The number of nitrogens with zero attached hydrogens (tertiary/aromatic N) is 2. The third-order valence-electron chi connectivity index (χ3n) is 4.19. The number of rotatable bonds is 10. The summed E-state index contributed by atoms with van der Waals surface area (Å²) < 4.78 is 1.25. The summed E-state index contributed by atoms with van der Waals surface area (Å²) in [5.74, 6) is 4.75. The van der Waals surface area contributed by atoms with Gasteiger partial charge in [-0.15, -0.1) is 11.3 Å². The molecule has 5 heteroatoms. The lowest BCUT2D eigenvalue weighted by atomic mass is 10.2. The molecule has 2 aromatic carbocycles. The Bertz CT molecular complexity index is 755. The van der Waals surface area contributed by atoms with Crippen molar-refractivity contribution in [3.8, 4) is 10.6 Å². The number of anilines is 1. The lowest BCUT2D eigenvalue weighted by Gasteiger charge is -2.24. The number of thioether (sulfide) groups is 2. The van der Waals surface area contributed by atoms with Gasteiger partial charge in [0.05, 0.1) is 10.2 Å². The molecule has 3 aromatic rings. The Morgan fingerprint density at radius 2 is 1.54 bits per heavy atom. The van der Waals surface area contributed by atoms with Crippen LogP contribution in [-0.4, -0.2) is 41.1 Å². The molecule has 0 N–H and O–H groups in total. The van der Waals surface area contributed by atoms with Crippen LogP contribution in [0.15, 0.2) is 48.5 Å². The Balaban J connectivity index is 1.74. The highest BCUT2D eigenvalue weighted by Crippen LogP contribution is 2.31. The number of hydrogen-bond acceptors (Lipinski definition) is 5. The molecule has 0 radical (unpaired) electrons. The molecule has 1 heterocycles. The van der Waals surface area contributed by atoms with E-state index in [-0.39, 0.29) is 0 Å². The summed E-state index contributed by atoms with van der Waals surface area (Å²) in [4.78, 5) is 7.30. The van der Waals surface area contributed by atoms with E-state index in [9.17, 15) is 0 Å². The maximum atomic E-state index is 4.78. The molecule has 0 aliphatic carbocycles. The molecular formula is C21H26N2S3. The number of para-hydroxylation sites is 1. The monoisotopic (exact) mass is 402 g/mol. The van der Waals surface area contributed by atoms with Gasteiger partial charge in [-0.3, -0.25) is 0 Å². The van der Waals surface area contributed by atoms with Crippen LogP contribution in [-0.2, 0) is 0 Å². The smallest absolute Gasteiger partial charge is 0.124 e. The lowest BCUT2D eigenvalue weighted by molar-refractivity contribution is 0.879. The zero-order valence-electron chi connectivity index (χ0n) is 15.5. The summed E-state index contributed by atoms with van der Waals surface area (Å²) in [6, 6.07) is 17.3.